The van der Waals surface area contributed by atoms with Gasteiger partial charge in [-0.15, -0.1) is 0 Å². The fraction of sp³-hybridized carbons (Fsp3) is 0.875. The van der Waals surface area contributed by atoms with Gasteiger partial charge in [0.1, 0.15) is 0 Å². The van der Waals surface area contributed by atoms with Crippen LogP contribution in [-0.2, 0) is 4.79 Å². The van der Waals surface area contributed by atoms with Crippen molar-refractivity contribution < 1.29 is 15.0 Å². The van der Waals surface area contributed by atoms with Gasteiger partial charge in [0, 0.05) is 0 Å². The Hall–Kier alpha value is -0.570. The van der Waals surface area contributed by atoms with E-state index in [1.165, 1.54) is 0 Å². The number of carboxylic acids is 1. The molecule has 0 spiro atoms. The number of hydrogen-bond acceptors (Lipinski definition) is 2. The SMILES string of the molecule is CC(O)C(C)C1(C(=O)O)CC1. The lowest BCUT2D eigenvalue weighted by Crippen LogP contribution is -2.30. The lowest BCUT2D eigenvalue weighted by Gasteiger charge is -2.21. The second-order valence-corrected chi connectivity index (χ2v) is 3.49. The highest BCUT2D eigenvalue weighted by molar-refractivity contribution is 5.78. The first-order chi connectivity index (χ1) is 5.00. The van der Waals surface area contributed by atoms with E-state index in [0.717, 1.165) is 0 Å². The maximum Gasteiger partial charge on any atom is 0.310 e. The Morgan fingerprint density at radius 2 is 1.91 bits per heavy atom. The molecule has 0 radical (unpaired) electrons. The van der Waals surface area contributed by atoms with Crippen molar-refractivity contribution in [2.24, 2.45) is 11.3 Å². The summed E-state index contributed by atoms with van der Waals surface area (Å²) in [6.45, 7) is 3.44. The zero-order valence-corrected chi connectivity index (χ0v) is 6.87. The molecule has 1 aliphatic rings. The minimum absolute atomic E-state index is 0.125. The van der Waals surface area contributed by atoms with Crippen LogP contribution in [0.4, 0.5) is 0 Å². The fourth-order valence-corrected chi connectivity index (χ4v) is 1.46. The van der Waals surface area contributed by atoms with Crippen LogP contribution in [0, 0.1) is 11.3 Å². The maximum atomic E-state index is 10.7. The van der Waals surface area contributed by atoms with E-state index in [0.29, 0.717) is 12.8 Å². The third-order valence-electron chi connectivity index (χ3n) is 2.81. The monoisotopic (exact) mass is 158 g/mol. The Kier molecular flexibility index (Phi) is 1.92. The zero-order valence-electron chi connectivity index (χ0n) is 6.87. The number of aliphatic hydroxyl groups is 1. The Morgan fingerprint density at radius 3 is 2.00 bits per heavy atom. The molecule has 2 atom stereocenters. The van der Waals surface area contributed by atoms with E-state index in [-0.39, 0.29) is 5.92 Å². The molecule has 0 aromatic carbocycles. The van der Waals surface area contributed by atoms with E-state index < -0.39 is 17.5 Å². The zero-order chi connectivity index (χ0) is 8.65. The van der Waals surface area contributed by atoms with Crippen molar-refractivity contribution in [1.82, 2.24) is 0 Å². The van der Waals surface area contributed by atoms with Crippen molar-refractivity contribution in [2.75, 3.05) is 0 Å². The summed E-state index contributed by atoms with van der Waals surface area (Å²) in [6, 6.07) is 0. The molecule has 0 heterocycles. The molecular formula is C8H14O3. The van der Waals surface area contributed by atoms with Crippen molar-refractivity contribution in [3.63, 3.8) is 0 Å². The molecule has 0 bridgehead atoms. The minimum Gasteiger partial charge on any atom is -0.481 e. The number of aliphatic carboxylic acids is 1. The van der Waals surface area contributed by atoms with E-state index in [4.69, 9.17) is 5.11 Å². The van der Waals surface area contributed by atoms with E-state index >= 15 is 0 Å². The first kappa shape index (κ1) is 8.53. The third kappa shape index (κ3) is 1.25. The Morgan fingerprint density at radius 1 is 1.45 bits per heavy atom. The highest BCUT2D eigenvalue weighted by Gasteiger charge is 2.55. The molecule has 0 aromatic rings. The maximum absolute atomic E-state index is 10.7. The molecule has 1 fully saturated rings. The van der Waals surface area contributed by atoms with Crippen molar-refractivity contribution in [3.8, 4) is 0 Å². The van der Waals surface area contributed by atoms with Gasteiger partial charge in [0.2, 0.25) is 0 Å². The lowest BCUT2D eigenvalue weighted by atomic mass is 9.87. The molecule has 2 unspecified atom stereocenters. The van der Waals surface area contributed by atoms with Gasteiger partial charge in [-0.25, -0.2) is 0 Å². The van der Waals surface area contributed by atoms with Crippen LogP contribution in [0.25, 0.3) is 0 Å². The molecule has 1 rings (SSSR count). The average Bonchev–Trinajstić information content (AvgIpc) is 2.65. The van der Waals surface area contributed by atoms with E-state index in [1.54, 1.807) is 13.8 Å². The molecule has 0 aliphatic heterocycles. The molecule has 2 N–H and O–H groups in total. The van der Waals surface area contributed by atoms with E-state index in [1.807, 2.05) is 0 Å². The van der Waals surface area contributed by atoms with Gasteiger partial charge >= 0.3 is 5.97 Å². The number of rotatable bonds is 3. The topological polar surface area (TPSA) is 57.5 Å². The molecule has 1 aliphatic carbocycles. The normalized spacial score (nSPS) is 25.7. The van der Waals surface area contributed by atoms with Gasteiger partial charge in [0.15, 0.2) is 0 Å². The second kappa shape index (κ2) is 2.48. The van der Waals surface area contributed by atoms with Crippen molar-refractivity contribution in [1.29, 1.82) is 0 Å². The standard InChI is InChI=1S/C8H14O3/c1-5(6(2)9)8(3-4-8)7(10)11/h5-6,9H,3-4H2,1-2H3,(H,10,11). The highest BCUT2D eigenvalue weighted by atomic mass is 16.4. The first-order valence-electron chi connectivity index (χ1n) is 3.92. The van der Waals surface area contributed by atoms with Crippen LogP contribution in [-0.4, -0.2) is 22.3 Å². The molecule has 0 aromatic heterocycles. The molecular weight excluding hydrogens is 144 g/mol. The lowest BCUT2D eigenvalue weighted by molar-refractivity contribution is -0.147. The van der Waals surface area contributed by atoms with Crippen LogP contribution in [0.3, 0.4) is 0 Å². The van der Waals surface area contributed by atoms with Crippen LogP contribution in [0.15, 0.2) is 0 Å². The minimum atomic E-state index is -0.758. The summed E-state index contributed by atoms with van der Waals surface area (Å²) in [7, 11) is 0. The molecule has 3 nitrogen and oxygen atoms in total. The van der Waals surface area contributed by atoms with Crippen molar-refractivity contribution in [3.05, 3.63) is 0 Å². The Bertz CT molecular complexity index is 170. The summed E-state index contributed by atoms with van der Waals surface area (Å²) in [4.78, 5) is 10.7. The summed E-state index contributed by atoms with van der Waals surface area (Å²) in [5.74, 6) is -0.883. The van der Waals surface area contributed by atoms with Crippen LogP contribution in [0.5, 0.6) is 0 Å². The van der Waals surface area contributed by atoms with Gasteiger partial charge in [-0.1, -0.05) is 6.92 Å². The van der Waals surface area contributed by atoms with E-state index in [2.05, 4.69) is 0 Å². The van der Waals surface area contributed by atoms with Gasteiger partial charge < -0.3 is 10.2 Å². The summed E-state index contributed by atoms with van der Waals surface area (Å²) in [5, 5.41) is 18.0. The van der Waals surface area contributed by atoms with Crippen LogP contribution < -0.4 is 0 Å². The van der Waals surface area contributed by atoms with Gasteiger partial charge in [-0.3, -0.25) is 4.79 Å². The largest absolute Gasteiger partial charge is 0.481 e. The smallest absolute Gasteiger partial charge is 0.310 e. The number of carboxylic acid groups (broad SMARTS) is 1. The van der Waals surface area contributed by atoms with Gasteiger partial charge in [-0.05, 0) is 25.7 Å². The van der Waals surface area contributed by atoms with Crippen LogP contribution in [0.1, 0.15) is 26.7 Å². The predicted molar refractivity (Wildman–Crippen MR) is 40.1 cm³/mol. The number of hydrogen-bond donors (Lipinski definition) is 2. The Labute approximate surface area is 66.0 Å². The van der Waals surface area contributed by atoms with Crippen LogP contribution >= 0.6 is 0 Å². The van der Waals surface area contributed by atoms with Crippen molar-refractivity contribution >= 4 is 5.97 Å². The average molecular weight is 158 g/mol. The van der Waals surface area contributed by atoms with Crippen LogP contribution in [0.2, 0.25) is 0 Å². The molecule has 0 saturated heterocycles. The molecule has 3 heteroatoms. The van der Waals surface area contributed by atoms with Gasteiger partial charge in [-0.2, -0.15) is 0 Å². The van der Waals surface area contributed by atoms with E-state index in [9.17, 15) is 9.90 Å². The van der Waals surface area contributed by atoms with Crippen molar-refractivity contribution in [2.45, 2.75) is 32.8 Å². The highest BCUT2D eigenvalue weighted by Crippen LogP contribution is 2.53. The van der Waals surface area contributed by atoms with Gasteiger partial charge in [0.25, 0.3) is 0 Å². The molecule has 64 valence electrons. The first-order valence-corrected chi connectivity index (χ1v) is 3.92. The predicted octanol–water partition coefficient (Wildman–Crippen LogP) is 0.868. The summed E-state index contributed by atoms with van der Waals surface area (Å²) in [6.07, 6.45) is 0.914. The fourth-order valence-electron chi connectivity index (χ4n) is 1.46. The molecule has 0 amide bonds. The van der Waals surface area contributed by atoms with Gasteiger partial charge in [0.05, 0.1) is 11.5 Å². The third-order valence-corrected chi connectivity index (χ3v) is 2.81. The summed E-state index contributed by atoms with van der Waals surface area (Å²) < 4.78 is 0. The molecule has 11 heavy (non-hydrogen) atoms. The second-order valence-electron chi connectivity index (χ2n) is 3.49. The number of aliphatic hydroxyl groups excluding tert-OH is 1. The summed E-state index contributed by atoms with van der Waals surface area (Å²) >= 11 is 0. The molecule has 1 saturated carbocycles. The Balaban J connectivity index is 2.65. The quantitative estimate of drug-likeness (QED) is 0.640. The number of carbonyl (C=O) groups is 1. The summed E-state index contributed by atoms with van der Waals surface area (Å²) in [5.41, 5.74) is -0.603.